The van der Waals surface area contributed by atoms with Gasteiger partial charge >= 0.3 is 0 Å². The fraction of sp³-hybridized carbons (Fsp3) is 0.500. The van der Waals surface area contributed by atoms with Crippen LogP contribution >= 0.6 is 0 Å². The van der Waals surface area contributed by atoms with E-state index in [4.69, 9.17) is 0 Å². The average molecular weight is 235 g/mol. The van der Waals surface area contributed by atoms with Crippen molar-refractivity contribution in [3.05, 3.63) is 24.0 Å². The van der Waals surface area contributed by atoms with Gasteiger partial charge in [-0.2, -0.15) is 5.10 Å². The Kier molecular flexibility index (Phi) is 3.28. The first-order valence-corrected chi connectivity index (χ1v) is 5.74. The molecule has 5 nitrogen and oxygen atoms in total. The minimum absolute atomic E-state index is 0.186. The van der Waals surface area contributed by atoms with Crippen LogP contribution in [0.1, 0.15) is 24.8 Å². The zero-order chi connectivity index (χ0) is 12.3. The Morgan fingerprint density at radius 2 is 2.47 bits per heavy atom. The van der Waals surface area contributed by atoms with Crippen LogP contribution in [0.2, 0.25) is 0 Å². The van der Waals surface area contributed by atoms with Crippen molar-refractivity contribution in [2.45, 2.75) is 24.9 Å². The lowest BCUT2D eigenvalue weighted by Crippen LogP contribution is -2.47. The maximum absolute atomic E-state index is 11.5. The van der Waals surface area contributed by atoms with Gasteiger partial charge in [0.15, 0.2) is 0 Å². The summed E-state index contributed by atoms with van der Waals surface area (Å²) in [5.41, 5.74) is 0.211. The molecule has 92 valence electrons. The summed E-state index contributed by atoms with van der Waals surface area (Å²) >= 11 is 0. The molecule has 17 heavy (non-hydrogen) atoms. The normalized spacial score (nSPS) is 18.0. The van der Waals surface area contributed by atoms with E-state index < -0.39 is 5.60 Å². The number of hydrogen-bond donors (Lipinski definition) is 2. The fourth-order valence-corrected chi connectivity index (χ4v) is 1.77. The largest absolute Gasteiger partial charge is 0.388 e. The standard InChI is InChI=1S/C12H17N3O2/c1-15-8-10(7-14-15)3-4-11(16)13-9-12(17)5-2-6-12/h3-4,7-8,17H,2,5-6,9H2,1H3,(H,13,16)/b4-3+. The highest BCUT2D eigenvalue weighted by Gasteiger charge is 2.34. The van der Waals surface area contributed by atoms with E-state index >= 15 is 0 Å². The highest BCUT2D eigenvalue weighted by Crippen LogP contribution is 2.30. The zero-order valence-corrected chi connectivity index (χ0v) is 9.89. The summed E-state index contributed by atoms with van der Waals surface area (Å²) in [5.74, 6) is -0.186. The van der Waals surface area contributed by atoms with E-state index in [9.17, 15) is 9.90 Å². The van der Waals surface area contributed by atoms with Crippen LogP contribution in [0.25, 0.3) is 6.08 Å². The second kappa shape index (κ2) is 4.71. The Morgan fingerprint density at radius 3 is 3.00 bits per heavy atom. The lowest BCUT2D eigenvalue weighted by molar-refractivity contribution is -0.118. The number of nitrogens with one attached hydrogen (secondary N) is 1. The molecule has 0 atom stereocenters. The Morgan fingerprint density at radius 1 is 1.71 bits per heavy atom. The Hall–Kier alpha value is -1.62. The minimum Gasteiger partial charge on any atom is -0.388 e. The van der Waals surface area contributed by atoms with E-state index in [0.717, 1.165) is 24.8 Å². The van der Waals surface area contributed by atoms with Gasteiger partial charge in [-0.25, -0.2) is 0 Å². The predicted molar refractivity (Wildman–Crippen MR) is 64.1 cm³/mol. The SMILES string of the molecule is Cn1cc(/C=C/C(=O)NCC2(O)CCC2)cn1. The Labute approximate surface area is 100 Å². The molecule has 0 saturated heterocycles. The van der Waals surface area contributed by atoms with Gasteiger partial charge in [0, 0.05) is 31.4 Å². The van der Waals surface area contributed by atoms with Crippen molar-refractivity contribution in [3.8, 4) is 0 Å². The quantitative estimate of drug-likeness (QED) is 0.745. The van der Waals surface area contributed by atoms with Crippen molar-refractivity contribution in [2.75, 3.05) is 6.54 Å². The van der Waals surface area contributed by atoms with Gasteiger partial charge in [0.2, 0.25) is 5.91 Å². The van der Waals surface area contributed by atoms with E-state index in [0.29, 0.717) is 6.54 Å². The second-order valence-corrected chi connectivity index (χ2v) is 4.58. The van der Waals surface area contributed by atoms with Crippen molar-refractivity contribution in [2.24, 2.45) is 7.05 Å². The van der Waals surface area contributed by atoms with Crippen molar-refractivity contribution >= 4 is 12.0 Å². The summed E-state index contributed by atoms with van der Waals surface area (Å²) in [6, 6.07) is 0. The molecule has 0 aromatic carbocycles. The molecule has 0 spiro atoms. The van der Waals surface area contributed by atoms with Crippen LogP contribution in [0, 0.1) is 0 Å². The number of aliphatic hydroxyl groups is 1. The van der Waals surface area contributed by atoms with Crippen molar-refractivity contribution in [3.63, 3.8) is 0 Å². The monoisotopic (exact) mass is 235 g/mol. The molecule has 0 radical (unpaired) electrons. The van der Waals surface area contributed by atoms with Crippen LogP contribution in [-0.4, -0.2) is 32.9 Å². The third-order valence-electron chi connectivity index (χ3n) is 3.03. The van der Waals surface area contributed by atoms with Crippen molar-refractivity contribution < 1.29 is 9.90 Å². The summed E-state index contributed by atoms with van der Waals surface area (Å²) in [6.45, 7) is 0.337. The number of carbonyl (C=O) groups is 1. The summed E-state index contributed by atoms with van der Waals surface area (Å²) in [7, 11) is 1.82. The minimum atomic E-state index is -0.669. The van der Waals surface area contributed by atoms with Crippen molar-refractivity contribution in [1.29, 1.82) is 0 Å². The van der Waals surface area contributed by atoms with Gasteiger partial charge in [-0.15, -0.1) is 0 Å². The highest BCUT2D eigenvalue weighted by molar-refractivity contribution is 5.91. The van der Waals surface area contributed by atoms with E-state index in [1.54, 1.807) is 17.0 Å². The van der Waals surface area contributed by atoms with E-state index in [1.165, 1.54) is 6.08 Å². The summed E-state index contributed by atoms with van der Waals surface area (Å²) in [6.07, 6.45) is 9.26. The first kappa shape index (κ1) is 11.9. The lowest BCUT2D eigenvalue weighted by atomic mass is 9.80. The number of aryl methyl sites for hydroxylation is 1. The molecular weight excluding hydrogens is 218 g/mol. The smallest absolute Gasteiger partial charge is 0.244 e. The van der Waals surface area contributed by atoms with Crippen LogP contribution in [0.3, 0.4) is 0 Å². The van der Waals surface area contributed by atoms with Gasteiger partial charge in [0.25, 0.3) is 0 Å². The predicted octanol–water partition coefficient (Wildman–Crippen LogP) is 0.464. The number of rotatable bonds is 4. The molecule has 1 aliphatic carbocycles. The molecule has 0 unspecified atom stereocenters. The molecule has 2 N–H and O–H groups in total. The van der Waals surface area contributed by atoms with E-state index in [2.05, 4.69) is 10.4 Å². The van der Waals surface area contributed by atoms with E-state index in [-0.39, 0.29) is 5.91 Å². The molecule has 5 heteroatoms. The zero-order valence-electron chi connectivity index (χ0n) is 9.89. The van der Waals surface area contributed by atoms with Crippen LogP contribution in [0.5, 0.6) is 0 Å². The average Bonchev–Trinajstić information content (AvgIpc) is 2.67. The molecule has 1 heterocycles. The number of aromatic nitrogens is 2. The molecule has 1 amide bonds. The van der Waals surface area contributed by atoms with Crippen molar-refractivity contribution in [1.82, 2.24) is 15.1 Å². The van der Waals surface area contributed by atoms with Crippen LogP contribution < -0.4 is 5.32 Å². The summed E-state index contributed by atoms with van der Waals surface area (Å²) < 4.78 is 1.68. The van der Waals surface area contributed by atoms with Crippen LogP contribution in [-0.2, 0) is 11.8 Å². The fourth-order valence-electron chi connectivity index (χ4n) is 1.77. The molecule has 1 aliphatic rings. The Bertz CT molecular complexity index is 433. The van der Waals surface area contributed by atoms with Gasteiger partial charge in [0.05, 0.1) is 11.8 Å². The summed E-state index contributed by atoms with van der Waals surface area (Å²) in [4.78, 5) is 11.5. The van der Waals surface area contributed by atoms with Gasteiger partial charge in [-0.3, -0.25) is 9.48 Å². The van der Waals surface area contributed by atoms with Gasteiger partial charge in [-0.1, -0.05) is 0 Å². The van der Waals surface area contributed by atoms with Crippen LogP contribution in [0.4, 0.5) is 0 Å². The number of amides is 1. The Balaban J connectivity index is 1.79. The third-order valence-corrected chi connectivity index (χ3v) is 3.03. The topological polar surface area (TPSA) is 67.2 Å². The third kappa shape index (κ3) is 3.17. The molecule has 0 bridgehead atoms. The molecule has 1 fully saturated rings. The molecule has 1 aromatic heterocycles. The maximum atomic E-state index is 11.5. The van der Waals surface area contributed by atoms with Gasteiger partial charge in [0.1, 0.15) is 0 Å². The number of hydrogen-bond acceptors (Lipinski definition) is 3. The first-order valence-electron chi connectivity index (χ1n) is 5.74. The summed E-state index contributed by atoms with van der Waals surface area (Å²) in [5, 5.41) is 16.5. The first-order chi connectivity index (χ1) is 8.07. The van der Waals surface area contributed by atoms with E-state index in [1.807, 2.05) is 13.2 Å². The molecule has 1 saturated carbocycles. The molecule has 1 aromatic rings. The highest BCUT2D eigenvalue weighted by atomic mass is 16.3. The second-order valence-electron chi connectivity index (χ2n) is 4.58. The number of carbonyl (C=O) groups excluding carboxylic acids is 1. The van der Waals surface area contributed by atoms with Crippen LogP contribution in [0.15, 0.2) is 18.5 Å². The molecular formula is C12H17N3O2. The molecule has 2 rings (SSSR count). The maximum Gasteiger partial charge on any atom is 0.244 e. The molecule has 0 aliphatic heterocycles. The lowest BCUT2D eigenvalue weighted by Gasteiger charge is -2.36. The van der Waals surface area contributed by atoms with Gasteiger partial charge < -0.3 is 10.4 Å². The number of nitrogens with zero attached hydrogens (tertiary/aromatic N) is 2. The van der Waals surface area contributed by atoms with Gasteiger partial charge in [-0.05, 0) is 25.3 Å².